The van der Waals surface area contributed by atoms with Crippen LogP contribution in [0.2, 0.25) is 20.1 Å². The van der Waals surface area contributed by atoms with Gasteiger partial charge in [-0.2, -0.15) is 0 Å². The third-order valence-electron chi connectivity index (χ3n) is 8.17. The number of carbonyl (C=O) groups excluding carboxylic acids is 5. The lowest BCUT2D eigenvalue weighted by Gasteiger charge is -2.20. The minimum atomic E-state index is -1.08. The molecule has 6 rings (SSSR count). The molecule has 4 aromatic carbocycles. The second-order valence-corrected chi connectivity index (χ2v) is 13.7. The number of rotatable bonds is 8. The number of hydrogen-bond donors (Lipinski definition) is 4. The van der Waals surface area contributed by atoms with Crippen molar-refractivity contribution >= 4 is 93.3 Å². The van der Waals surface area contributed by atoms with Crippen molar-refractivity contribution in [3.63, 3.8) is 0 Å². The molecule has 0 saturated carbocycles. The average molecular weight is 831 g/mol. The van der Waals surface area contributed by atoms with Gasteiger partial charge in [-0.05, 0) is 85.6 Å². The lowest BCUT2D eigenvalue weighted by atomic mass is 10.2. The van der Waals surface area contributed by atoms with E-state index in [1.165, 1.54) is 21.9 Å². The van der Waals surface area contributed by atoms with E-state index in [2.05, 4.69) is 16.0 Å². The normalized spacial score (nSPS) is 13.4. The highest BCUT2D eigenvalue weighted by atomic mass is 35.5. The molecule has 0 unspecified atom stereocenters. The molecule has 17 heteroatoms. The molecule has 4 aromatic rings. The van der Waals surface area contributed by atoms with Crippen molar-refractivity contribution in [3.8, 4) is 0 Å². The highest BCUT2D eigenvalue weighted by molar-refractivity contribution is 6.32. The zero-order valence-electron chi connectivity index (χ0n) is 29.6. The summed E-state index contributed by atoms with van der Waals surface area (Å²) in [6.45, 7) is 4.19. The number of carboxylic acids is 1. The lowest BCUT2D eigenvalue weighted by Crippen LogP contribution is -2.40. The molecule has 4 N–H and O–H groups in total. The Bertz CT molecular complexity index is 2100. The molecule has 13 nitrogen and oxygen atoms in total. The van der Waals surface area contributed by atoms with Gasteiger partial charge < -0.3 is 20.6 Å². The van der Waals surface area contributed by atoms with Crippen molar-refractivity contribution in [1.82, 2.24) is 20.9 Å². The topological polar surface area (TPSA) is 168 Å². The van der Waals surface area contributed by atoms with Gasteiger partial charge in [0.05, 0.1) is 19.8 Å². The lowest BCUT2D eigenvalue weighted by molar-refractivity contribution is -0.135. The van der Waals surface area contributed by atoms with Crippen LogP contribution < -0.4 is 25.8 Å². The molecule has 288 valence electrons. The second kappa shape index (κ2) is 19.9. The largest absolute Gasteiger partial charge is 0.480 e. The Morgan fingerprint density at radius 2 is 1.18 bits per heavy atom. The molecule has 0 aliphatic carbocycles. The maximum atomic E-state index is 12.4. The van der Waals surface area contributed by atoms with Crippen LogP contribution in [0.1, 0.15) is 31.8 Å². The molecule has 2 aliphatic rings. The number of aliphatic carboxylic acids is 1. The van der Waals surface area contributed by atoms with Crippen molar-refractivity contribution in [2.45, 2.75) is 13.8 Å². The fourth-order valence-corrected chi connectivity index (χ4v) is 5.99. The maximum absolute atomic E-state index is 12.4. The first-order valence-electron chi connectivity index (χ1n) is 16.5. The summed E-state index contributed by atoms with van der Waals surface area (Å²) in [6.07, 6.45) is 0. The smallest absolute Gasteiger partial charge is 0.322 e. The van der Waals surface area contributed by atoms with E-state index in [9.17, 15) is 28.8 Å². The first kappa shape index (κ1) is 42.6. The Kier molecular flexibility index (Phi) is 15.4. The molecule has 0 bridgehead atoms. The third-order valence-corrected chi connectivity index (χ3v) is 9.46. The van der Waals surface area contributed by atoms with Crippen molar-refractivity contribution < 1.29 is 33.9 Å². The minimum Gasteiger partial charge on any atom is -0.480 e. The van der Waals surface area contributed by atoms with Crippen LogP contribution in [0, 0.1) is 13.8 Å². The molecule has 2 saturated heterocycles. The van der Waals surface area contributed by atoms with Crippen molar-refractivity contribution in [3.05, 3.63) is 127 Å². The van der Waals surface area contributed by atoms with Gasteiger partial charge in [0, 0.05) is 42.6 Å². The van der Waals surface area contributed by atoms with Crippen LogP contribution in [0.4, 0.5) is 11.4 Å². The Morgan fingerprint density at radius 3 is 1.65 bits per heavy atom. The fraction of sp³-hybridized carbons (Fsp3) is 0.211. The van der Waals surface area contributed by atoms with E-state index < -0.39 is 24.3 Å². The highest BCUT2D eigenvalue weighted by Crippen LogP contribution is 2.29. The van der Waals surface area contributed by atoms with Gasteiger partial charge in [-0.25, -0.2) is 0 Å². The van der Waals surface area contributed by atoms with Crippen LogP contribution in [0.25, 0.3) is 0 Å². The molecule has 2 fully saturated rings. The van der Waals surface area contributed by atoms with Gasteiger partial charge in [0.2, 0.25) is 17.7 Å². The van der Waals surface area contributed by atoms with E-state index in [-0.39, 0.29) is 37.5 Å². The first-order chi connectivity index (χ1) is 26.2. The van der Waals surface area contributed by atoms with E-state index in [0.29, 0.717) is 50.1 Å². The van der Waals surface area contributed by atoms with Gasteiger partial charge >= 0.3 is 5.97 Å². The fourth-order valence-electron chi connectivity index (χ4n) is 5.27. The van der Waals surface area contributed by atoms with Gasteiger partial charge in [0.15, 0.2) is 0 Å². The van der Waals surface area contributed by atoms with Crippen molar-refractivity contribution in [1.29, 1.82) is 0 Å². The Morgan fingerprint density at radius 1 is 0.691 bits per heavy atom. The Hall–Kier alpha value is -5.18. The molecule has 0 radical (unpaired) electrons. The molecule has 5 amide bonds. The van der Waals surface area contributed by atoms with E-state index in [4.69, 9.17) is 51.5 Å². The third kappa shape index (κ3) is 11.9. The van der Waals surface area contributed by atoms with Crippen LogP contribution in [0.5, 0.6) is 0 Å². The van der Waals surface area contributed by atoms with Gasteiger partial charge in [0.25, 0.3) is 11.8 Å². The number of nitrogens with zero attached hydrogens (tertiary/aromatic N) is 3. The van der Waals surface area contributed by atoms with Gasteiger partial charge in [-0.15, -0.1) is 0 Å². The summed E-state index contributed by atoms with van der Waals surface area (Å²) in [7, 11) is 0. The van der Waals surface area contributed by atoms with E-state index in [0.717, 1.165) is 16.8 Å². The van der Waals surface area contributed by atoms with Crippen LogP contribution in [0.15, 0.2) is 84.9 Å². The standard InChI is InChI=1S/C19H17Cl2N3O3.C10H11ClN2O.C9H8ClNO3/c1-12-15(21)6-3-7-16(12)24-11-23(10-18(24)26)17(25)9-22-19(27)13-4-2-5-14(20)8-13;1-7-8(11)3-2-4-9(7)13-6-12-5-10(13)14;10-7-3-1-2-6(4-7)9(14)11-5-8(12)13/h2-8H,9-11H2,1H3,(H,22,27);2-4,12H,5-6H2,1H3;1-4H,5H2,(H,11,14)(H,12,13). The van der Waals surface area contributed by atoms with Crippen LogP contribution in [0.3, 0.4) is 0 Å². The molecular formula is C38H36Cl4N6O7. The zero-order valence-corrected chi connectivity index (χ0v) is 32.6. The van der Waals surface area contributed by atoms with Crippen molar-refractivity contribution in [2.75, 3.05) is 49.3 Å². The predicted octanol–water partition coefficient (Wildman–Crippen LogP) is 5.56. The number of anilines is 2. The summed E-state index contributed by atoms with van der Waals surface area (Å²) in [5.41, 5.74) is 4.00. The summed E-state index contributed by atoms with van der Waals surface area (Å²) in [5.74, 6) is -2.39. The number of nitrogens with one attached hydrogen (secondary N) is 3. The first-order valence-corrected chi connectivity index (χ1v) is 18.1. The van der Waals surface area contributed by atoms with Gasteiger partial charge in [-0.1, -0.05) is 70.7 Å². The summed E-state index contributed by atoms with van der Waals surface area (Å²) in [6, 6.07) is 23.6. The number of carboxylic acid groups (broad SMARTS) is 1. The molecule has 0 spiro atoms. The maximum Gasteiger partial charge on any atom is 0.322 e. The molecule has 2 heterocycles. The monoisotopic (exact) mass is 828 g/mol. The van der Waals surface area contributed by atoms with E-state index in [1.54, 1.807) is 59.5 Å². The minimum absolute atomic E-state index is 0.0438. The molecule has 0 atom stereocenters. The van der Waals surface area contributed by atoms with Gasteiger partial charge in [0.1, 0.15) is 19.8 Å². The number of carbonyl (C=O) groups is 6. The quantitative estimate of drug-likeness (QED) is 0.179. The predicted molar refractivity (Wildman–Crippen MR) is 212 cm³/mol. The SMILES string of the molecule is Cc1c(Cl)cccc1N1CN(C(=O)CNC(=O)c2cccc(Cl)c2)CC1=O.Cc1c(Cl)cccc1N1CNCC1=O.O=C(O)CNC(=O)c1cccc(Cl)c1. The number of hydrogen-bond acceptors (Lipinski definition) is 7. The molecule has 2 aliphatic heterocycles. The molecular weight excluding hydrogens is 794 g/mol. The van der Waals surface area contributed by atoms with Crippen LogP contribution >= 0.6 is 46.4 Å². The highest BCUT2D eigenvalue weighted by Gasteiger charge is 2.32. The number of amides is 5. The van der Waals surface area contributed by atoms with Crippen molar-refractivity contribution in [2.24, 2.45) is 0 Å². The molecule has 55 heavy (non-hydrogen) atoms. The summed E-state index contributed by atoms with van der Waals surface area (Å²) in [5, 5.41) is 18.2. The van der Waals surface area contributed by atoms with Gasteiger partial charge in [-0.3, -0.25) is 43.9 Å². The zero-order chi connectivity index (χ0) is 40.2. The summed E-state index contributed by atoms with van der Waals surface area (Å²) in [4.78, 5) is 74.4. The second-order valence-electron chi connectivity index (χ2n) is 12.0. The summed E-state index contributed by atoms with van der Waals surface area (Å²) < 4.78 is 0. The van der Waals surface area contributed by atoms with E-state index in [1.807, 2.05) is 32.0 Å². The molecule has 0 aromatic heterocycles. The number of benzene rings is 4. The summed E-state index contributed by atoms with van der Waals surface area (Å²) >= 11 is 23.6. The average Bonchev–Trinajstić information content (AvgIpc) is 3.77. The van der Waals surface area contributed by atoms with Crippen LogP contribution in [-0.4, -0.2) is 85.0 Å². The Balaban J connectivity index is 0.000000202. The Labute approximate surface area is 337 Å². The van der Waals surface area contributed by atoms with E-state index >= 15 is 0 Å². The van der Waals surface area contributed by atoms with Crippen LogP contribution in [-0.2, 0) is 19.2 Å². The number of halogens is 4.